The molecule has 0 radical (unpaired) electrons. The molecule has 2 unspecified atom stereocenters. The SMILES string of the molecule is COC(OC)OC(C)CCC1(C)CC(=O)c2ccccc2O1. The molecule has 0 aliphatic carbocycles. The lowest BCUT2D eigenvalue weighted by molar-refractivity contribution is -0.282. The molecule has 1 aliphatic rings. The van der Waals surface area contributed by atoms with Crippen LogP contribution in [0.25, 0.3) is 0 Å². The van der Waals surface area contributed by atoms with Gasteiger partial charge in [0.05, 0.1) is 18.1 Å². The fraction of sp³-hybridized carbons (Fsp3) is 0.588. The van der Waals surface area contributed by atoms with Crippen molar-refractivity contribution in [3.8, 4) is 5.75 Å². The monoisotopic (exact) mass is 308 g/mol. The first-order valence-electron chi connectivity index (χ1n) is 7.50. The van der Waals surface area contributed by atoms with Gasteiger partial charge in [0.1, 0.15) is 11.4 Å². The van der Waals surface area contributed by atoms with Crippen LogP contribution in [-0.4, -0.2) is 38.2 Å². The van der Waals surface area contributed by atoms with Crippen LogP contribution in [0, 0.1) is 0 Å². The minimum atomic E-state index is -0.669. The first kappa shape index (κ1) is 16.9. The summed E-state index contributed by atoms with van der Waals surface area (Å²) >= 11 is 0. The highest BCUT2D eigenvalue weighted by Crippen LogP contribution is 2.35. The quantitative estimate of drug-likeness (QED) is 0.724. The van der Waals surface area contributed by atoms with Crippen molar-refractivity contribution in [2.45, 2.75) is 51.3 Å². The minimum Gasteiger partial charge on any atom is -0.486 e. The van der Waals surface area contributed by atoms with Crippen molar-refractivity contribution in [2.24, 2.45) is 0 Å². The zero-order valence-corrected chi connectivity index (χ0v) is 13.6. The summed E-state index contributed by atoms with van der Waals surface area (Å²) in [6, 6.07) is 7.39. The fourth-order valence-electron chi connectivity index (χ4n) is 2.64. The van der Waals surface area contributed by atoms with Gasteiger partial charge < -0.3 is 18.9 Å². The van der Waals surface area contributed by atoms with E-state index in [-0.39, 0.29) is 11.9 Å². The highest BCUT2D eigenvalue weighted by Gasteiger charge is 2.36. The van der Waals surface area contributed by atoms with E-state index in [9.17, 15) is 4.79 Å². The van der Waals surface area contributed by atoms with E-state index >= 15 is 0 Å². The minimum absolute atomic E-state index is 0.0578. The Morgan fingerprint density at radius 1 is 1.27 bits per heavy atom. The van der Waals surface area contributed by atoms with E-state index in [0.717, 1.165) is 6.42 Å². The molecule has 2 atom stereocenters. The Hall–Kier alpha value is -1.43. The largest absolute Gasteiger partial charge is 0.486 e. The molecule has 0 aromatic heterocycles. The van der Waals surface area contributed by atoms with E-state index in [1.807, 2.05) is 38.1 Å². The molecular formula is C17H24O5. The van der Waals surface area contributed by atoms with Gasteiger partial charge in [-0.1, -0.05) is 12.1 Å². The summed E-state index contributed by atoms with van der Waals surface area (Å²) in [5.41, 5.74) is 0.168. The molecule has 5 nitrogen and oxygen atoms in total. The third-order valence-electron chi connectivity index (χ3n) is 3.89. The number of Topliss-reactive ketones (excluding diaryl/α,β-unsaturated/α-hetero) is 1. The highest BCUT2D eigenvalue weighted by atomic mass is 16.8. The Morgan fingerprint density at radius 3 is 2.64 bits per heavy atom. The average molecular weight is 308 g/mol. The van der Waals surface area contributed by atoms with E-state index < -0.39 is 12.1 Å². The fourth-order valence-corrected chi connectivity index (χ4v) is 2.64. The Labute approximate surface area is 131 Å². The lowest BCUT2D eigenvalue weighted by atomic mass is 9.87. The third-order valence-corrected chi connectivity index (χ3v) is 3.89. The van der Waals surface area contributed by atoms with Crippen LogP contribution >= 0.6 is 0 Å². The number of methoxy groups -OCH3 is 2. The maximum Gasteiger partial charge on any atom is 0.271 e. The lowest BCUT2D eigenvalue weighted by Crippen LogP contribution is -2.40. The van der Waals surface area contributed by atoms with Crippen molar-refractivity contribution in [1.29, 1.82) is 0 Å². The molecule has 0 saturated heterocycles. The average Bonchev–Trinajstić information content (AvgIpc) is 2.50. The first-order chi connectivity index (χ1) is 10.5. The van der Waals surface area contributed by atoms with E-state index in [2.05, 4.69) is 0 Å². The number of carbonyl (C=O) groups is 1. The van der Waals surface area contributed by atoms with Crippen LogP contribution in [0.1, 0.15) is 43.5 Å². The van der Waals surface area contributed by atoms with Crippen LogP contribution in [0.4, 0.5) is 0 Å². The smallest absolute Gasteiger partial charge is 0.271 e. The number of rotatable bonds is 7. The highest BCUT2D eigenvalue weighted by molar-refractivity contribution is 6.00. The van der Waals surface area contributed by atoms with Gasteiger partial charge in [0.15, 0.2) is 5.78 Å². The standard InChI is InChI=1S/C17H24O5/c1-12(21-16(19-3)20-4)9-10-17(2)11-14(18)13-7-5-6-8-15(13)22-17/h5-8,12,16H,9-11H2,1-4H3. The molecule has 1 heterocycles. The van der Waals surface area contributed by atoms with Gasteiger partial charge in [0.2, 0.25) is 0 Å². The van der Waals surface area contributed by atoms with Gasteiger partial charge >= 0.3 is 0 Å². The van der Waals surface area contributed by atoms with Gasteiger partial charge in [-0.3, -0.25) is 4.79 Å². The molecule has 2 rings (SSSR count). The van der Waals surface area contributed by atoms with Crippen LogP contribution < -0.4 is 4.74 Å². The molecule has 0 amide bonds. The summed E-state index contributed by atoms with van der Waals surface area (Å²) in [4.78, 5) is 12.3. The summed E-state index contributed by atoms with van der Waals surface area (Å²) in [6.45, 7) is 3.25. The number of para-hydroxylation sites is 1. The second-order valence-corrected chi connectivity index (χ2v) is 5.89. The topological polar surface area (TPSA) is 54.0 Å². The summed E-state index contributed by atoms with van der Waals surface area (Å²) in [6.07, 6.45) is 1.79. The number of hydrogen-bond donors (Lipinski definition) is 0. The van der Waals surface area contributed by atoms with Gasteiger partial charge in [0, 0.05) is 14.2 Å². The number of carbonyl (C=O) groups excluding carboxylic acids is 1. The van der Waals surface area contributed by atoms with Crippen molar-refractivity contribution < 1.29 is 23.7 Å². The summed E-state index contributed by atoms with van der Waals surface area (Å²) in [5, 5.41) is 0. The first-order valence-corrected chi connectivity index (χ1v) is 7.50. The maximum absolute atomic E-state index is 12.3. The summed E-state index contributed by atoms with van der Waals surface area (Å²) in [7, 11) is 3.06. The van der Waals surface area contributed by atoms with E-state index in [1.54, 1.807) is 0 Å². The molecule has 0 N–H and O–H groups in total. The number of benzene rings is 1. The Balaban J connectivity index is 1.94. The van der Waals surface area contributed by atoms with E-state index in [1.165, 1.54) is 14.2 Å². The van der Waals surface area contributed by atoms with Crippen LogP contribution in [-0.2, 0) is 14.2 Å². The third kappa shape index (κ3) is 4.06. The molecule has 5 heteroatoms. The Bertz CT molecular complexity index is 512. The van der Waals surface area contributed by atoms with Crippen LogP contribution in [0.5, 0.6) is 5.75 Å². The molecule has 22 heavy (non-hydrogen) atoms. The number of hydrogen-bond acceptors (Lipinski definition) is 5. The molecule has 1 aliphatic heterocycles. The zero-order chi connectivity index (χ0) is 16.2. The lowest BCUT2D eigenvalue weighted by Gasteiger charge is -2.35. The Morgan fingerprint density at radius 2 is 1.95 bits per heavy atom. The number of fused-ring (bicyclic) bond motifs is 1. The molecule has 1 aromatic carbocycles. The maximum atomic E-state index is 12.3. The normalized spacial score (nSPS) is 22.3. The van der Waals surface area contributed by atoms with Gasteiger partial charge in [-0.05, 0) is 38.8 Å². The van der Waals surface area contributed by atoms with E-state index in [4.69, 9.17) is 18.9 Å². The van der Waals surface area contributed by atoms with Crippen molar-refractivity contribution >= 4 is 5.78 Å². The number of ketones is 1. The predicted octanol–water partition coefficient (Wildman–Crippen LogP) is 3.17. The molecular weight excluding hydrogens is 284 g/mol. The van der Waals surface area contributed by atoms with Crippen molar-refractivity contribution in [2.75, 3.05) is 14.2 Å². The second kappa shape index (κ2) is 7.22. The molecule has 0 saturated carbocycles. The van der Waals surface area contributed by atoms with Crippen LogP contribution in [0.15, 0.2) is 24.3 Å². The summed E-state index contributed by atoms with van der Waals surface area (Å²) < 4.78 is 21.7. The van der Waals surface area contributed by atoms with Gasteiger partial charge in [-0.15, -0.1) is 0 Å². The second-order valence-electron chi connectivity index (χ2n) is 5.89. The van der Waals surface area contributed by atoms with Crippen molar-refractivity contribution in [3.63, 3.8) is 0 Å². The van der Waals surface area contributed by atoms with E-state index in [0.29, 0.717) is 24.2 Å². The Kier molecular flexibility index (Phi) is 5.56. The summed E-state index contributed by atoms with van der Waals surface area (Å²) in [5.74, 6) is 0.797. The van der Waals surface area contributed by atoms with Gasteiger partial charge in [-0.2, -0.15) is 0 Å². The van der Waals surface area contributed by atoms with Crippen LogP contribution in [0.2, 0.25) is 0 Å². The van der Waals surface area contributed by atoms with Crippen molar-refractivity contribution in [1.82, 2.24) is 0 Å². The molecule has 0 fully saturated rings. The molecule has 122 valence electrons. The molecule has 0 spiro atoms. The predicted molar refractivity (Wildman–Crippen MR) is 82.0 cm³/mol. The number of ether oxygens (including phenoxy) is 4. The molecule has 1 aromatic rings. The van der Waals surface area contributed by atoms with Crippen LogP contribution in [0.3, 0.4) is 0 Å². The van der Waals surface area contributed by atoms with Crippen molar-refractivity contribution in [3.05, 3.63) is 29.8 Å². The zero-order valence-electron chi connectivity index (χ0n) is 13.6. The molecule has 0 bridgehead atoms. The van der Waals surface area contributed by atoms with Gasteiger partial charge in [0.25, 0.3) is 6.48 Å². The van der Waals surface area contributed by atoms with Gasteiger partial charge in [-0.25, -0.2) is 0 Å².